The Bertz CT molecular complexity index is 913. The van der Waals surface area contributed by atoms with E-state index in [9.17, 15) is 4.79 Å². The first-order valence-corrected chi connectivity index (χ1v) is 10.9. The van der Waals surface area contributed by atoms with Gasteiger partial charge in [0.1, 0.15) is 6.61 Å². The fraction of sp³-hybridized carbons (Fsp3) is 0.350. The van der Waals surface area contributed by atoms with Crippen LogP contribution in [0, 0.1) is 0 Å². The maximum Gasteiger partial charge on any atom is 0.254 e. The van der Waals surface area contributed by atoms with Crippen molar-refractivity contribution in [1.82, 2.24) is 14.9 Å². The summed E-state index contributed by atoms with van der Waals surface area (Å²) in [6.45, 7) is 1.84. The Labute approximate surface area is 171 Å². The minimum Gasteiger partial charge on any atom is -0.493 e. The van der Waals surface area contributed by atoms with Crippen LogP contribution < -0.4 is 9.47 Å². The first-order chi connectivity index (χ1) is 13.7. The van der Waals surface area contributed by atoms with Gasteiger partial charge in [0.05, 0.1) is 23.3 Å². The molecular weight excluding hydrogens is 394 g/mol. The van der Waals surface area contributed by atoms with Crippen LogP contribution in [0.4, 0.5) is 0 Å². The molecule has 1 atom stereocenters. The lowest BCUT2D eigenvalue weighted by Crippen LogP contribution is -2.39. The minimum absolute atomic E-state index is 0.0191. The van der Waals surface area contributed by atoms with Crippen molar-refractivity contribution in [3.63, 3.8) is 0 Å². The van der Waals surface area contributed by atoms with Crippen LogP contribution in [0.15, 0.2) is 40.7 Å². The van der Waals surface area contributed by atoms with Gasteiger partial charge in [-0.05, 0) is 31.0 Å². The van der Waals surface area contributed by atoms with E-state index in [-0.39, 0.29) is 5.91 Å². The van der Waals surface area contributed by atoms with E-state index in [0.717, 1.165) is 30.1 Å². The summed E-state index contributed by atoms with van der Waals surface area (Å²) < 4.78 is 11.3. The number of amides is 1. The lowest BCUT2D eigenvalue weighted by molar-refractivity contribution is 0.0706. The van der Waals surface area contributed by atoms with E-state index in [0.29, 0.717) is 36.1 Å². The lowest BCUT2D eigenvalue weighted by atomic mass is 9.98. The van der Waals surface area contributed by atoms with Crippen molar-refractivity contribution in [3.05, 3.63) is 56.9 Å². The summed E-state index contributed by atoms with van der Waals surface area (Å²) >= 11 is 3.19. The largest absolute Gasteiger partial charge is 0.493 e. The van der Waals surface area contributed by atoms with Gasteiger partial charge < -0.3 is 14.4 Å². The normalized spacial score (nSPS) is 16.8. The van der Waals surface area contributed by atoms with Crippen LogP contribution in [0.2, 0.25) is 0 Å². The van der Waals surface area contributed by atoms with Crippen molar-refractivity contribution in [1.29, 1.82) is 0 Å². The average molecular weight is 416 g/mol. The van der Waals surface area contributed by atoms with E-state index >= 15 is 0 Å². The molecule has 6 nitrogen and oxygen atoms in total. The molecule has 146 valence electrons. The fourth-order valence-electron chi connectivity index (χ4n) is 3.36. The molecule has 4 rings (SSSR count). The molecule has 1 aromatic carbocycles. The molecule has 0 aliphatic carbocycles. The molecule has 0 saturated carbocycles. The first kappa shape index (κ1) is 18.9. The Morgan fingerprint density at radius 3 is 3.00 bits per heavy atom. The van der Waals surface area contributed by atoms with E-state index in [2.05, 4.69) is 9.97 Å². The molecule has 8 heteroatoms. The van der Waals surface area contributed by atoms with Gasteiger partial charge in [0, 0.05) is 41.5 Å². The number of piperidine rings is 1. The monoisotopic (exact) mass is 415 g/mol. The summed E-state index contributed by atoms with van der Waals surface area (Å²) in [5.41, 5.74) is 3.25. The van der Waals surface area contributed by atoms with Crippen molar-refractivity contribution >= 4 is 28.6 Å². The number of nitrogens with zero attached hydrogens (tertiary/aromatic N) is 3. The van der Waals surface area contributed by atoms with Gasteiger partial charge in [-0.15, -0.1) is 22.7 Å². The van der Waals surface area contributed by atoms with Crippen LogP contribution in [0.5, 0.6) is 11.5 Å². The highest BCUT2D eigenvalue weighted by Crippen LogP contribution is 2.32. The third-order valence-corrected chi connectivity index (χ3v) is 6.35. The van der Waals surface area contributed by atoms with Gasteiger partial charge in [0.15, 0.2) is 11.5 Å². The van der Waals surface area contributed by atoms with Crippen molar-refractivity contribution < 1.29 is 14.3 Å². The molecule has 0 N–H and O–H groups in total. The molecule has 1 amide bonds. The quantitative estimate of drug-likeness (QED) is 0.603. The fourth-order valence-corrected chi connectivity index (χ4v) is 4.67. The number of carbonyl (C=O) groups is 1. The molecule has 2 aromatic heterocycles. The number of methoxy groups -OCH3 is 1. The van der Waals surface area contributed by atoms with Crippen LogP contribution in [0.3, 0.4) is 0 Å². The molecule has 1 saturated heterocycles. The zero-order valence-electron chi connectivity index (χ0n) is 15.5. The Kier molecular flexibility index (Phi) is 5.87. The average Bonchev–Trinajstić information content (AvgIpc) is 3.46. The second-order valence-electron chi connectivity index (χ2n) is 6.59. The number of thiazole rings is 2. The summed E-state index contributed by atoms with van der Waals surface area (Å²) in [7, 11) is 1.58. The molecule has 1 unspecified atom stereocenters. The molecule has 0 bridgehead atoms. The van der Waals surface area contributed by atoms with Crippen LogP contribution in [0.25, 0.3) is 0 Å². The predicted octanol–water partition coefficient (Wildman–Crippen LogP) is 4.21. The van der Waals surface area contributed by atoms with Crippen LogP contribution >= 0.6 is 22.7 Å². The Balaban J connectivity index is 1.46. The number of carbonyl (C=O) groups excluding carboxylic acids is 1. The maximum atomic E-state index is 13.0. The van der Waals surface area contributed by atoms with Crippen molar-refractivity contribution in [3.8, 4) is 11.5 Å². The Hall–Kier alpha value is -2.45. The van der Waals surface area contributed by atoms with Crippen molar-refractivity contribution in [2.45, 2.75) is 25.4 Å². The molecule has 28 heavy (non-hydrogen) atoms. The van der Waals surface area contributed by atoms with E-state index in [1.165, 1.54) is 11.3 Å². The van der Waals surface area contributed by atoms with Gasteiger partial charge in [0.25, 0.3) is 5.91 Å². The van der Waals surface area contributed by atoms with Gasteiger partial charge in [-0.3, -0.25) is 4.79 Å². The van der Waals surface area contributed by atoms with E-state index in [4.69, 9.17) is 9.47 Å². The Morgan fingerprint density at radius 2 is 2.25 bits per heavy atom. The lowest BCUT2D eigenvalue weighted by Gasteiger charge is -2.32. The zero-order chi connectivity index (χ0) is 19.3. The van der Waals surface area contributed by atoms with Gasteiger partial charge in [0.2, 0.25) is 0 Å². The first-order valence-electron chi connectivity index (χ1n) is 9.11. The number of benzene rings is 1. The summed E-state index contributed by atoms with van der Waals surface area (Å²) in [5, 5.41) is 5.05. The summed E-state index contributed by atoms with van der Waals surface area (Å²) in [5.74, 6) is 1.49. The molecule has 1 fully saturated rings. The molecule has 0 radical (unpaired) electrons. The van der Waals surface area contributed by atoms with E-state index < -0.39 is 0 Å². The van der Waals surface area contributed by atoms with Crippen molar-refractivity contribution in [2.24, 2.45) is 0 Å². The zero-order valence-corrected chi connectivity index (χ0v) is 17.2. The predicted molar refractivity (Wildman–Crippen MR) is 109 cm³/mol. The number of hydrogen-bond acceptors (Lipinski definition) is 7. The molecular formula is C20H21N3O3S2. The van der Waals surface area contributed by atoms with Gasteiger partial charge >= 0.3 is 0 Å². The second kappa shape index (κ2) is 8.70. The summed E-state index contributed by atoms with van der Waals surface area (Å²) in [4.78, 5) is 23.6. The van der Waals surface area contributed by atoms with Crippen LogP contribution in [-0.2, 0) is 6.61 Å². The SMILES string of the molecule is COc1cc(C(=O)N2CCCC(c3nccs3)C2)ccc1OCc1cscn1. The second-order valence-corrected chi connectivity index (χ2v) is 8.24. The van der Waals surface area contributed by atoms with E-state index in [1.807, 2.05) is 21.9 Å². The Morgan fingerprint density at radius 1 is 1.32 bits per heavy atom. The molecule has 1 aliphatic rings. The highest BCUT2D eigenvalue weighted by atomic mass is 32.1. The standard InChI is InChI=1S/C20H21N3O3S2/c1-25-18-9-14(4-5-17(18)26-11-16-12-27-13-22-16)20(24)23-7-2-3-15(10-23)19-21-6-8-28-19/h4-6,8-9,12-13,15H,2-3,7,10-11H2,1H3. The molecule has 3 heterocycles. The third kappa shape index (κ3) is 4.18. The van der Waals surface area contributed by atoms with Crippen molar-refractivity contribution in [2.75, 3.05) is 20.2 Å². The van der Waals surface area contributed by atoms with Gasteiger partial charge in [-0.1, -0.05) is 0 Å². The molecule has 3 aromatic rings. The molecule has 1 aliphatic heterocycles. The smallest absolute Gasteiger partial charge is 0.254 e. The highest BCUT2D eigenvalue weighted by molar-refractivity contribution is 7.09. The number of aromatic nitrogens is 2. The summed E-state index contributed by atoms with van der Waals surface area (Å²) in [6, 6.07) is 5.35. The summed E-state index contributed by atoms with van der Waals surface area (Å²) in [6.07, 6.45) is 3.89. The van der Waals surface area contributed by atoms with Crippen LogP contribution in [0.1, 0.15) is 39.8 Å². The van der Waals surface area contributed by atoms with E-state index in [1.54, 1.807) is 42.2 Å². The maximum absolute atomic E-state index is 13.0. The van der Waals surface area contributed by atoms with Crippen LogP contribution in [-0.4, -0.2) is 41.0 Å². The van der Waals surface area contributed by atoms with Gasteiger partial charge in [-0.25, -0.2) is 9.97 Å². The van der Waals surface area contributed by atoms with Gasteiger partial charge in [-0.2, -0.15) is 0 Å². The number of likely N-dealkylation sites (tertiary alicyclic amines) is 1. The molecule has 0 spiro atoms. The number of ether oxygens (including phenoxy) is 2. The highest BCUT2D eigenvalue weighted by Gasteiger charge is 2.27. The number of hydrogen-bond donors (Lipinski definition) is 0. The minimum atomic E-state index is 0.0191. The number of rotatable bonds is 6. The topological polar surface area (TPSA) is 64.5 Å². The third-order valence-electron chi connectivity index (χ3n) is 4.78.